The molecule has 4 nitrogen and oxygen atoms in total. The third-order valence-electron chi connectivity index (χ3n) is 5.93. The molecule has 1 amide bonds. The Balaban J connectivity index is 1.58. The zero-order valence-electron chi connectivity index (χ0n) is 15.4. The highest BCUT2D eigenvalue weighted by Gasteiger charge is 2.46. The van der Waals surface area contributed by atoms with Gasteiger partial charge in [-0.1, -0.05) is 12.1 Å². The molecule has 0 radical (unpaired) electrons. The topological polar surface area (TPSA) is 32.8 Å². The number of piperidine rings is 1. The first-order chi connectivity index (χ1) is 12.7. The maximum atomic E-state index is 12.2. The summed E-state index contributed by atoms with van der Waals surface area (Å²) in [6.07, 6.45) is 1.06. The van der Waals surface area contributed by atoms with E-state index in [9.17, 15) is 4.79 Å². The Morgan fingerprint density at radius 1 is 1.31 bits per heavy atom. The number of hydrogen-bond donors (Lipinski definition) is 0. The molecular formula is C21H26N2O2S. The summed E-state index contributed by atoms with van der Waals surface area (Å²) in [5, 5.41) is 4.39. The number of ether oxygens (including phenoxy) is 1. The average Bonchev–Trinajstić information content (AvgIpc) is 3.29. The molecule has 2 aromatic rings. The Hall–Kier alpha value is -1.85. The number of methoxy groups -OCH3 is 1. The molecule has 0 aliphatic carbocycles. The number of fused-ring (bicyclic) bond motifs is 1. The minimum Gasteiger partial charge on any atom is -0.497 e. The highest BCUT2D eigenvalue weighted by Crippen LogP contribution is 2.42. The standard InChI is InChI=1S/C21H26N2O2S/c1-15(24)23-13-19(17-4-3-5-18(10-17)25-2)20-12-22(8-6-21(20)23)11-16-7-9-26-14-16/h3-5,7,9-10,14,19-21H,6,8,11-13H2,1-2H3/t19-,20-,21-/m1/s1. The first kappa shape index (κ1) is 17.6. The van der Waals surface area contributed by atoms with Crippen LogP contribution >= 0.6 is 11.3 Å². The van der Waals surface area contributed by atoms with E-state index in [1.807, 2.05) is 6.07 Å². The van der Waals surface area contributed by atoms with Gasteiger partial charge in [0.05, 0.1) is 7.11 Å². The summed E-state index contributed by atoms with van der Waals surface area (Å²) in [4.78, 5) is 16.9. The van der Waals surface area contributed by atoms with Crippen LogP contribution in [0.4, 0.5) is 0 Å². The van der Waals surface area contributed by atoms with Crippen molar-refractivity contribution in [3.63, 3.8) is 0 Å². The molecular weight excluding hydrogens is 344 g/mol. The molecule has 2 saturated heterocycles. The summed E-state index contributed by atoms with van der Waals surface area (Å²) in [5.74, 6) is 1.96. The second kappa shape index (κ2) is 7.41. The molecule has 4 rings (SSSR count). The maximum absolute atomic E-state index is 12.2. The number of nitrogens with zero attached hydrogens (tertiary/aromatic N) is 2. The van der Waals surface area contributed by atoms with Gasteiger partial charge in [0.25, 0.3) is 0 Å². The Labute approximate surface area is 159 Å². The smallest absolute Gasteiger partial charge is 0.219 e. The van der Waals surface area contributed by atoms with E-state index in [1.165, 1.54) is 11.1 Å². The van der Waals surface area contributed by atoms with Crippen molar-refractivity contribution in [2.24, 2.45) is 5.92 Å². The highest BCUT2D eigenvalue weighted by molar-refractivity contribution is 7.07. The second-order valence-electron chi connectivity index (χ2n) is 7.44. The van der Waals surface area contributed by atoms with E-state index in [0.717, 1.165) is 38.3 Å². The molecule has 2 aliphatic heterocycles. The number of thiophene rings is 1. The Morgan fingerprint density at radius 3 is 2.92 bits per heavy atom. The van der Waals surface area contributed by atoms with Crippen LogP contribution in [0.25, 0.3) is 0 Å². The molecule has 0 spiro atoms. The van der Waals surface area contributed by atoms with Gasteiger partial charge in [0.2, 0.25) is 5.91 Å². The Bertz CT molecular complexity index is 761. The average molecular weight is 371 g/mol. The van der Waals surface area contributed by atoms with Crippen LogP contribution in [-0.4, -0.2) is 48.5 Å². The van der Waals surface area contributed by atoms with E-state index in [4.69, 9.17) is 4.74 Å². The van der Waals surface area contributed by atoms with Gasteiger partial charge >= 0.3 is 0 Å². The number of amides is 1. The lowest BCUT2D eigenvalue weighted by molar-refractivity contribution is -0.130. The molecule has 0 N–H and O–H groups in total. The van der Waals surface area contributed by atoms with Gasteiger partial charge < -0.3 is 9.64 Å². The summed E-state index contributed by atoms with van der Waals surface area (Å²) in [7, 11) is 1.71. The Morgan fingerprint density at radius 2 is 2.19 bits per heavy atom. The normalized spacial score (nSPS) is 25.9. The van der Waals surface area contributed by atoms with Crippen molar-refractivity contribution >= 4 is 17.2 Å². The van der Waals surface area contributed by atoms with Crippen LogP contribution in [0.5, 0.6) is 5.75 Å². The molecule has 2 fully saturated rings. The van der Waals surface area contributed by atoms with Crippen molar-refractivity contribution in [2.75, 3.05) is 26.7 Å². The lowest BCUT2D eigenvalue weighted by Gasteiger charge is -2.38. The third kappa shape index (κ3) is 3.38. The van der Waals surface area contributed by atoms with E-state index >= 15 is 0 Å². The fraction of sp³-hybridized carbons (Fsp3) is 0.476. The van der Waals surface area contributed by atoms with Gasteiger partial charge in [0, 0.05) is 51.0 Å². The second-order valence-corrected chi connectivity index (χ2v) is 8.22. The van der Waals surface area contributed by atoms with Crippen LogP contribution in [0.15, 0.2) is 41.1 Å². The first-order valence-corrected chi connectivity index (χ1v) is 10.2. The summed E-state index contributed by atoms with van der Waals surface area (Å²) in [6.45, 7) is 5.66. The quantitative estimate of drug-likeness (QED) is 0.824. The van der Waals surface area contributed by atoms with Crippen molar-refractivity contribution in [2.45, 2.75) is 31.8 Å². The summed E-state index contributed by atoms with van der Waals surface area (Å²) in [6, 6.07) is 11.0. The van der Waals surface area contributed by atoms with E-state index in [2.05, 4.69) is 44.8 Å². The predicted molar refractivity (Wildman–Crippen MR) is 105 cm³/mol. The molecule has 26 heavy (non-hydrogen) atoms. The van der Waals surface area contributed by atoms with Crippen LogP contribution in [0.1, 0.15) is 30.4 Å². The molecule has 1 aromatic heterocycles. The van der Waals surface area contributed by atoms with Gasteiger partial charge in [-0.2, -0.15) is 11.3 Å². The van der Waals surface area contributed by atoms with Crippen LogP contribution in [0.3, 0.4) is 0 Å². The summed E-state index contributed by atoms with van der Waals surface area (Å²) < 4.78 is 5.43. The van der Waals surface area contributed by atoms with Gasteiger partial charge in [0.15, 0.2) is 0 Å². The lowest BCUT2D eigenvalue weighted by atomic mass is 9.81. The van der Waals surface area contributed by atoms with E-state index in [-0.39, 0.29) is 5.91 Å². The predicted octanol–water partition coefficient (Wildman–Crippen LogP) is 3.59. The van der Waals surface area contributed by atoms with E-state index in [1.54, 1.807) is 25.4 Å². The van der Waals surface area contributed by atoms with Gasteiger partial charge in [-0.25, -0.2) is 0 Å². The van der Waals surface area contributed by atoms with Crippen LogP contribution < -0.4 is 4.74 Å². The van der Waals surface area contributed by atoms with Crippen LogP contribution in [-0.2, 0) is 11.3 Å². The highest BCUT2D eigenvalue weighted by atomic mass is 32.1. The zero-order valence-corrected chi connectivity index (χ0v) is 16.2. The number of rotatable bonds is 4. The summed E-state index contributed by atoms with van der Waals surface area (Å²) >= 11 is 1.76. The zero-order chi connectivity index (χ0) is 18.1. The number of carbonyl (C=O) groups excluding carboxylic acids is 1. The van der Waals surface area contributed by atoms with Gasteiger partial charge in [-0.15, -0.1) is 0 Å². The third-order valence-corrected chi connectivity index (χ3v) is 6.66. The van der Waals surface area contributed by atoms with Crippen molar-refractivity contribution < 1.29 is 9.53 Å². The molecule has 0 unspecified atom stereocenters. The van der Waals surface area contributed by atoms with Crippen molar-refractivity contribution in [1.82, 2.24) is 9.80 Å². The molecule has 1 aromatic carbocycles. The fourth-order valence-corrected chi connectivity index (χ4v) is 5.34. The van der Waals surface area contributed by atoms with Gasteiger partial charge in [-0.05, 0) is 46.5 Å². The minimum atomic E-state index is 0.205. The number of carbonyl (C=O) groups is 1. The van der Waals surface area contributed by atoms with Crippen molar-refractivity contribution in [3.05, 3.63) is 52.2 Å². The minimum absolute atomic E-state index is 0.205. The van der Waals surface area contributed by atoms with Crippen molar-refractivity contribution in [1.29, 1.82) is 0 Å². The molecule has 0 bridgehead atoms. The maximum Gasteiger partial charge on any atom is 0.219 e. The largest absolute Gasteiger partial charge is 0.497 e. The lowest BCUT2D eigenvalue weighted by Crippen LogP contribution is -2.47. The first-order valence-electron chi connectivity index (χ1n) is 9.30. The van der Waals surface area contributed by atoms with Crippen LogP contribution in [0, 0.1) is 5.92 Å². The Kier molecular flexibility index (Phi) is 5.00. The molecule has 0 saturated carbocycles. The van der Waals surface area contributed by atoms with Crippen molar-refractivity contribution in [3.8, 4) is 5.75 Å². The fourth-order valence-electron chi connectivity index (χ4n) is 4.68. The molecule has 2 aliphatic rings. The molecule has 3 heterocycles. The molecule has 5 heteroatoms. The number of benzene rings is 1. The number of likely N-dealkylation sites (tertiary alicyclic amines) is 2. The molecule has 3 atom stereocenters. The monoisotopic (exact) mass is 370 g/mol. The van der Waals surface area contributed by atoms with Crippen LogP contribution in [0.2, 0.25) is 0 Å². The van der Waals surface area contributed by atoms with Gasteiger partial charge in [-0.3, -0.25) is 9.69 Å². The SMILES string of the molecule is COc1cccc([C@H]2CN(C(C)=O)[C@@H]3CCN(Cc4ccsc4)C[C@H]23)c1. The van der Waals surface area contributed by atoms with E-state index < -0.39 is 0 Å². The van der Waals surface area contributed by atoms with E-state index in [0.29, 0.717) is 17.9 Å². The number of hydrogen-bond acceptors (Lipinski definition) is 4. The summed E-state index contributed by atoms with van der Waals surface area (Å²) in [5.41, 5.74) is 2.69. The van der Waals surface area contributed by atoms with Gasteiger partial charge in [0.1, 0.15) is 5.75 Å². The molecule has 138 valence electrons.